The smallest absolute Gasteiger partial charge is 0.0732 e. The number of aryl methyl sites for hydroxylation is 1. The van der Waals surface area contributed by atoms with Gasteiger partial charge in [0.2, 0.25) is 0 Å². The van der Waals surface area contributed by atoms with Crippen LogP contribution >= 0.6 is 11.6 Å². The van der Waals surface area contributed by atoms with Crippen LogP contribution in [0, 0.1) is 6.92 Å². The van der Waals surface area contributed by atoms with Crippen LogP contribution in [0.15, 0.2) is 109 Å². The Kier molecular flexibility index (Phi) is 4.15. The Morgan fingerprint density at radius 1 is 0.500 bits per heavy atom. The van der Waals surface area contributed by atoms with E-state index in [4.69, 9.17) is 11.6 Å². The van der Waals surface area contributed by atoms with Gasteiger partial charge in [-0.15, -0.1) is 0 Å². The average Bonchev–Trinajstić information content (AvgIpc) is 3.36. The molecule has 0 aliphatic carbocycles. The van der Waals surface area contributed by atoms with Gasteiger partial charge >= 0.3 is 0 Å². The zero-order valence-corrected chi connectivity index (χ0v) is 19.4. The van der Waals surface area contributed by atoms with Gasteiger partial charge in [-0.25, -0.2) is 0 Å². The Morgan fingerprint density at radius 2 is 1.03 bits per heavy atom. The molecule has 0 amide bonds. The van der Waals surface area contributed by atoms with Crippen molar-refractivity contribution in [1.82, 2.24) is 9.13 Å². The Bertz CT molecular complexity index is 1830. The summed E-state index contributed by atoms with van der Waals surface area (Å²) in [6, 6.07) is 38.7. The van der Waals surface area contributed by atoms with Crippen LogP contribution in [0.3, 0.4) is 0 Å². The minimum Gasteiger partial charge on any atom is -0.307 e. The Hall–Kier alpha value is -4.01. The molecular formula is C31H21ClN2. The molecule has 0 bridgehead atoms. The number of fused-ring (bicyclic) bond motifs is 6. The Labute approximate surface area is 202 Å². The minimum absolute atomic E-state index is 0.739. The summed E-state index contributed by atoms with van der Waals surface area (Å²) in [4.78, 5) is 0. The summed E-state index contributed by atoms with van der Waals surface area (Å²) in [5.41, 5.74) is 8.23. The molecule has 0 saturated carbocycles. The lowest BCUT2D eigenvalue weighted by atomic mass is 10.1. The van der Waals surface area contributed by atoms with Crippen LogP contribution in [0.25, 0.3) is 55.0 Å². The summed E-state index contributed by atoms with van der Waals surface area (Å²) in [6.45, 7) is 2.19. The summed E-state index contributed by atoms with van der Waals surface area (Å²) >= 11 is 6.52. The molecular weight excluding hydrogens is 436 g/mol. The largest absolute Gasteiger partial charge is 0.307 e. The highest BCUT2D eigenvalue weighted by molar-refractivity contribution is 6.31. The fourth-order valence-corrected chi connectivity index (χ4v) is 5.65. The molecule has 0 aliphatic rings. The van der Waals surface area contributed by atoms with Crippen LogP contribution in [0.1, 0.15) is 5.56 Å². The van der Waals surface area contributed by atoms with Crippen molar-refractivity contribution in [2.24, 2.45) is 0 Å². The summed E-state index contributed by atoms with van der Waals surface area (Å²) in [5.74, 6) is 0. The van der Waals surface area contributed by atoms with Gasteiger partial charge in [-0.1, -0.05) is 84.4 Å². The summed E-state index contributed by atoms with van der Waals surface area (Å²) in [5, 5.41) is 5.69. The quantitative estimate of drug-likeness (QED) is 0.246. The SMILES string of the molecule is Cc1cccc(-n2c3ccccc3c3ccccc32)c1-n1c2ccccc2c2ccc(Cl)cc21. The zero-order chi connectivity index (χ0) is 22.8. The average molecular weight is 457 g/mol. The summed E-state index contributed by atoms with van der Waals surface area (Å²) in [7, 11) is 0. The van der Waals surface area contributed by atoms with Crippen molar-refractivity contribution in [3.8, 4) is 11.4 Å². The molecule has 162 valence electrons. The zero-order valence-electron chi connectivity index (χ0n) is 18.7. The molecule has 0 spiro atoms. The molecule has 0 fully saturated rings. The van der Waals surface area contributed by atoms with Gasteiger partial charge in [0, 0.05) is 26.6 Å². The molecule has 0 unspecified atom stereocenters. The van der Waals surface area contributed by atoms with Crippen LogP contribution in [0.5, 0.6) is 0 Å². The lowest BCUT2D eigenvalue weighted by Gasteiger charge is -2.19. The lowest BCUT2D eigenvalue weighted by molar-refractivity contribution is 1.08. The minimum atomic E-state index is 0.739. The van der Waals surface area contributed by atoms with E-state index in [0.29, 0.717) is 0 Å². The van der Waals surface area contributed by atoms with E-state index in [1.165, 1.54) is 49.3 Å². The van der Waals surface area contributed by atoms with Crippen LogP contribution in [-0.4, -0.2) is 9.13 Å². The molecule has 2 heterocycles. The van der Waals surface area contributed by atoms with E-state index < -0.39 is 0 Å². The first-order chi connectivity index (χ1) is 16.7. The molecule has 5 aromatic carbocycles. The molecule has 0 radical (unpaired) electrons. The van der Waals surface area contributed by atoms with Crippen molar-refractivity contribution >= 4 is 55.2 Å². The molecule has 3 heteroatoms. The molecule has 0 aliphatic heterocycles. The number of rotatable bonds is 2. The van der Waals surface area contributed by atoms with Gasteiger partial charge in [-0.3, -0.25) is 0 Å². The standard InChI is InChI=1S/C31H21ClN2/c1-20-9-8-16-29(33-26-13-5-2-10-22(26)23-11-3-6-14-27(23)33)31(20)34-28-15-7-4-12-24(28)25-18-17-21(32)19-30(25)34/h2-19H,1H3. The van der Waals surface area contributed by atoms with Crippen molar-refractivity contribution in [1.29, 1.82) is 0 Å². The third kappa shape index (κ3) is 2.63. The van der Waals surface area contributed by atoms with Crippen LogP contribution in [0.4, 0.5) is 0 Å². The number of hydrogen-bond donors (Lipinski definition) is 0. The fourth-order valence-electron chi connectivity index (χ4n) is 5.48. The third-order valence-electron chi connectivity index (χ3n) is 6.90. The van der Waals surface area contributed by atoms with Gasteiger partial charge < -0.3 is 9.13 Å². The van der Waals surface area contributed by atoms with Crippen molar-refractivity contribution < 1.29 is 0 Å². The molecule has 2 aromatic heterocycles. The molecule has 0 saturated heterocycles. The van der Waals surface area contributed by atoms with E-state index in [2.05, 4.69) is 119 Å². The number of nitrogens with zero attached hydrogens (tertiary/aromatic N) is 2. The fraction of sp³-hybridized carbons (Fsp3) is 0.0323. The molecule has 2 nitrogen and oxygen atoms in total. The van der Waals surface area contributed by atoms with Gasteiger partial charge in [-0.2, -0.15) is 0 Å². The van der Waals surface area contributed by atoms with Crippen LogP contribution < -0.4 is 0 Å². The van der Waals surface area contributed by atoms with Crippen molar-refractivity contribution in [3.63, 3.8) is 0 Å². The summed E-state index contributed by atoms with van der Waals surface area (Å²) in [6.07, 6.45) is 0. The van der Waals surface area contributed by atoms with Crippen LogP contribution in [0.2, 0.25) is 5.02 Å². The van der Waals surface area contributed by atoms with Gasteiger partial charge in [0.1, 0.15) is 0 Å². The maximum Gasteiger partial charge on any atom is 0.0732 e. The first-order valence-electron chi connectivity index (χ1n) is 11.5. The van der Waals surface area contributed by atoms with Crippen LogP contribution in [-0.2, 0) is 0 Å². The van der Waals surface area contributed by atoms with Gasteiger partial charge in [-0.05, 0) is 48.9 Å². The van der Waals surface area contributed by atoms with Gasteiger partial charge in [0.15, 0.2) is 0 Å². The second-order valence-corrected chi connectivity index (χ2v) is 9.26. The number of aromatic nitrogens is 2. The Balaban J connectivity index is 1.69. The van der Waals surface area contributed by atoms with Crippen molar-refractivity contribution in [2.45, 2.75) is 6.92 Å². The van der Waals surface area contributed by atoms with E-state index in [1.54, 1.807) is 0 Å². The van der Waals surface area contributed by atoms with E-state index in [-0.39, 0.29) is 0 Å². The predicted molar refractivity (Wildman–Crippen MR) is 145 cm³/mol. The van der Waals surface area contributed by atoms with E-state index >= 15 is 0 Å². The molecule has 34 heavy (non-hydrogen) atoms. The molecule has 7 aromatic rings. The van der Waals surface area contributed by atoms with E-state index in [1.807, 2.05) is 6.07 Å². The molecule has 0 N–H and O–H groups in total. The van der Waals surface area contributed by atoms with E-state index in [9.17, 15) is 0 Å². The monoisotopic (exact) mass is 456 g/mol. The highest BCUT2D eigenvalue weighted by Crippen LogP contribution is 2.39. The normalized spacial score (nSPS) is 11.8. The maximum absolute atomic E-state index is 6.52. The number of hydrogen-bond acceptors (Lipinski definition) is 0. The van der Waals surface area contributed by atoms with Gasteiger partial charge in [0.25, 0.3) is 0 Å². The lowest BCUT2D eigenvalue weighted by Crippen LogP contribution is -2.05. The van der Waals surface area contributed by atoms with Gasteiger partial charge in [0.05, 0.1) is 33.4 Å². The second-order valence-electron chi connectivity index (χ2n) is 8.83. The van der Waals surface area contributed by atoms with E-state index in [0.717, 1.165) is 16.2 Å². The maximum atomic E-state index is 6.52. The third-order valence-corrected chi connectivity index (χ3v) is 7.13. The Morgan fingerprint density at radius 3 is 1.65 bits per heavy atom. The highest BCUT2D eigenvalue weighted by atomic mass is 35.5. The second kappa shape index (κ2) is 7.24. The number of halogens is 1. The summed E-state index contributed by atoms with van der Waals surface area (Å²) < 4.78 is 4.78. The molecule has 0 atom stereocenters. The number of para-hydroxylation sites is 4. The topological polar surface area (TPSA) is 9.86 Å². The number of benzene rings is 5. The van der Waals surface area contributed by atoms with Crippen molar-refractivity contribution in [3.05, 3.63) is 120 Å². The first-order valence-corrected chi connectivity index (χ1v) is 11.9. The predicted octanol–water partition coefficient (Wildman–Crippen LogP) is 8.84. The van der Waals surface area contributed by atoms with Crippen molar-refractivity contribution in [2.75, 3.05) is 0 Å². The first kappa shape index (κ1) is 19.5. The molecule has 7 rings (SSSR count). The highest BCUT2D eigenvalue weighted by Gasteiger charge is 2.20.